The lowest BCUT2D eigenvalue weighted by atomic mass is 9.92. The second kappa shape index (κ2) is 13.3. The van der Waals surface area contributed by atoms with E-state index in [0.717, 1.165) is 77.8 Å². The number of aromatic nitrogens is 3. The summed E-state index contributed by atoms with van der Waals surface area (Å²) in [4.78, 5) is 14.6. The van der Waals surface area contributed by atoms with Crippen molar-refractivity contribution in [3.8, 4) is 67.3 Å². The third kappa shape index (κ3) is 5.40. The Balaban J connectivity index is 1.06. The quantitative estimate of drug-likeness (QED) is 0.171. The molecule has 5 heteroatoms. The van der Waals surface area contributed by atoms with E-state index in [1.54, 1.807) is 0 Å². The van der Waals surface area contributed by atoms with Gasteiger partial charge in [-0.1, -0.05) is 133 Å². The number of pyridine rings is 1. The smallest absolute Gasteiger partial charge is 0.161 e. The highest BCUT2D eigenvalue weighted by Crippen LogP contribution is 2.46. The predicted molar refractivity (Wildman–Crippen MR) is 233 cm³/mol. The highest BCUT2D eigenvalue weighted by molar-refractivity contribution is 7.25. The summed E-state index contributed by atoms with van der Waals surface area (Å²) in [5, 5.41) is 4.77. The molecule has 7 aromatic carbocycles. The van der Waals surface area contributed by atoms with E-state index >= 15 is 0 Å². The van der Waals surface area contributed by atoms with Crippen molar-refractivity contribution in [2.45, 2.75) is 0 Å². The van der Waals surface area contributed by atoms with Crippen LogP contribution in [0.3, 0.4) is 0 Å². The number of nitrogens with zero attached hydrogens (tertiary/aromatic N) is 3. The number of hydrogen-bond donors (Lipinski definition) is 0. The average molecular weight is 734 g/mol. The molecule has 0 aliphatic rings. The van der Waals surface area contributed by atoms with Crippen LogP contribution in [0.5, 0.6) is 0 Å². The summed E-state index contributed by atoms with van der Waals surface area (Å²) in [5.74, 6) is 0.674. The molecule has 0 saturated carbocycles. The number of thiophene rings is 1. The molecule has 0 unspecified atom stereocenters. The zero-order valence-electron chi connectivity index (χ0n) is 30.1. The van der Waals surface area contributed by atoms with E-state index in [1.807, 2.05) is 66.2 Å². The lowest BCUT2D eigenvalue weighted by molar-refractivity contribution is 0.670. The van der Waals surface area contributed by atoms with Crippen LogP contribution in [0.1, 0.15) is 0 Å². The second-order valence-electron chi connectivity index (χ2n) is 13.9. The molecule has 0 atom stereocenters. The van der Waals surface area contributed by atoms with Gasteiger partial charge in [0.1, 0.15) is 11.2 Å². The Morgan fingerprint density at radius 3 is 1.82 bits per heavy atom. The monoisotopic (exact) mass is 733 g/mol. The fourth-order valence-corrected chi connectivity index (χ4v) is 9.17. The number of benzene rings is 7. The summed E-state index contributed by atoms with van der Waals surface area (Å²) in [7, 11) is 0. The number of furan rings is 1. The molecule has 0 amide bonds. The maximum Gasteiger partial charge on any atom is 0.161 e. The van der Waals surface area contributed by atoms with E-state index in [9.17, 15) is 0 Å². The highest BCUT2D eigenvalue weighted by Gasteiger charge is 2.20. The van der Waals surface area contributed by atoms with Gasteiger partial charge in [-0.25, -0.2) is 9.97 Å². The first kappa shape index (κ1) is 32.2. The molecule has 56 heavy (non-hydrogen) atoms. The van der Waals surface area contributed by atoms with Gasteiger partial charge in [0.25, 0.3) is 0 Å². The predicted octanol–water partition coefficient (Wildman–Crippen LogP) is 14.1. The molecule has 11 rings (SSSR count). The minimum atomic E-state index is 0.674. The minimum absolute atomic E-state index is 0.674. The molecule has 0 bridgehead atoms. The van der Waals surface area contributed by atoms with Crippen molar-refractivity contribution in [2.24, 2.45) is 0 Å². The summed E-state index contributed by atoms with van der Waals surface area (Å²) in [6.07, 6.45) is 3.64. The number of fused-ring (bicyclic) bond motifs is 6. The summed E-state index contributed by atoms with van der Waals surface area (Å²) < 4.78 is 9.33. The third-order valence-electron chi connectivity index (χ3n) is 10.7. The second-order valence-corrected chi connectivity index (χ2v) is 15.0. The van der Waals surface area contributed by atoms with Crippen LogP contribution in [-0.2, 0) is 0 Å². The van der Waals surface area contributed by atoms with Gasteiger partial charge in [-0.05, 0) is 70.3 Å². The Labute approximate surface area is 327 Å². The van der Waals surface area contributed by atoms with E-state index < -0.39 is 0 Å². The molecule has 11 aromatic rings. The minimum Gasteiger partial charge on any atom is -0.455 e. The standard InChI is InChI=1S/C51H31N3OS/c1-2-11-34(12-3-1)43-31-44(54-51(53-43)40-14-5-4-13-36(40)33-27-29-52-30-28-33)35-23-21-32(22-24-35)37-25-26-39(50-49(37)41-15-6-8-18-45(41)55-50)38-17-10-20-47-48(38)42-16-7-9-19-46(42)56-47/h1-31H. The molecule has 0 spiro atoms. The molecular weight excluding hydrogens is 703 g/mol. The van der Waals surface area contributed by atoms with Crippen molar-refractivity contribution in [2.75, 3.05) is 0 Å². The lowest BCUT2D eigenvalue weighted by Crippen LogP contribution is -1.97. The van der Waals surface area contributed by atoms with Crippen molar-refractivity contribution in [1.82, 2.24) is 15.0 Å². The largest absolute Gasteiger partial charge is 0.455 e. The van der Waals surface area contributed by atoms with Crippen molar-refractivity contribution >= 4 is 53.4 Å². The van der Waals surface area contributed by atoms with Crippen LogP contribution in [0.15, 0.2) is 193 Å². The molecule has 0 aliphatic heterocycles. The zero-order chi connectivity index (χ0) is 37.0. The van der Waals surface area contributed by atoms with Gasteiger partial charge in [-0.15, -0.1) is 11.3 Å². The van der Waals surface area contributed by atoms with E-state index in [2.05, 4.69) is 138 Å². The van der Waals surface area contributed by atoms with Gasteiger partial charge in [0, 0.05) is 65.6 Å². The fraction of sp³-hybridized carbons (Fsp3) is 0. The average Bonchev–Trinajstić information content (AvgIpc) is 3.86. The topological polar surface area (TPSA) is 51.8 Å². The SMILES string of the molecule is c1ccc(-c2cc(-c3ccc(-c4ccc(-c5cccc6sc7ccccc7c56)c5oc6ccccc6c45)cc3)nc(-c3ccccc3-c3ccncc3)n2)cc1. The summed E-state index contributed by atoms with van der Waals surface area (Å²) >= 11 is 1.84. The van der Waals surface area contributed by atoms with E-state index in [4.69, 9.17) is 14.4 Å². The van der Waals surface area contributed by atoms with Crippen LogP contribution in [0.2, 0.25) is 0 Å². The van der Waals surface area contributed by atoms with Gasteiger partial charge in [-0.2, -0.15) is 0 Å². The molecule has 0 aliphatic carbocycles. The molecule has 0 saturated heterocycles. The Hall–Kier alpha value is -7.21. The van der Waals surface area contributed by atoms with Crippen LogP contribution in [0.25, 0.3) is 109 Å². The lowest BCUT2D eigenvalue weighted by Gasteiger charge is -2.13. The Morgan fingerprint density at radius 1 is 0.393 bits per heavy atom. The first-order chi connectivity index (χ1) is 27.8. The van der Waals surface area contributed by atoms with Gasteiger partial charge in [0.15, 0.2) is 5.82 Å². The van der Waals surface area contributed by atoms with E-state index in [0.29, 0.717) is 5.82 Å². The van der Waals surface area contributed by atoms with Crippen molar-refractivity contribution < 1.29 is 4.42 Å². The van der Waals surface area contributed by atoms with Gasteiger partial charge in [0.05, 0.1) is 11.4 Å². The number of para-hydroxylation sites is 1. The molecule has 0 N–H and O–H groups in total. The zero-order valence-corrected chi connectivity index (χ0v) is 30.9. The molecule has 4 nitrogen and oxygen atoms in total. The summed E-state index contributed by atoms with van der Waals surface area (Å²) in [6.45, 7) is 0. The maximum absolute atomic E-state index is 6.77. The normalized spacial score (nSPS) is 11.6. The van der Waals surface area contributed by atoms with E-state index in [1.165, 1.54) is 25.7 Å². The van der Waals surface area contributed by atoms with Crippen LogP contribution in [-0.4, -0.2) is 15.0 Å². The van der Waals surface area contributed by atoms with E-state index in [-0.39, 0.29) is 0 Å². The van der Waals surface area contributed by atoms with Gasteiger partial charge < -0.3 is 4.42 Å². The Kier molecular flexibility index (Phi) is 7.64. The molecule has 4 heterocycles. The summed E-state index contributed by atoms with van der Waals surface area (Å²) in [5.41, 5.74) is 13.2. The maximum atomic E-state index is 6.77. The van der Waals surface area contributed by atoms with Crippen LogP contribution < -0.4 is 0 Å². The first-order valence-electron chi connectivity index (χ1n) is 18.7. The fourth-order valence-electron chi connectivity index (χ4n) is 8.03. The molecule has 4 aromatic heterocycles. The highest BCUT2D eigenvalue weighted by atomic mass is 32.1. The van der Waals surface area contributed by atoms with Crippen molar-refractivity contribution in [3.63, 3.8) is 0 Å². The Bertz CT molecular complexity index is 3240. The van der Waals surface area contributed by atoms with Crippen LogP contribution in [0, 0.1) is 0 Å². The van der Waals surface area contributed by atoms with Crippen molar-refractivity contribution in [1.29, 1.82) is 0 Å². The van der Waals surface area contributed by atoms with Gasteiger partial charge in [-0.3, -0.25) is 4.98 Å². The van der Waals surface area contributed by atoms with Crippen LogP contribution in [0.4, 0.5) is 0 Å². The molecule has 0 radical (unpaired) electrons. The molecule has 0 fully saturated rings. The molecule has 262 valence electrons. The van der Waals surface area contributed by atoms with Crippen LogP contribution >= 0.6 is 11.3 Å². The number of rotatable bonds is 6. The van der Waals surface area contributed by atoms with Crippen molar-refractivity contribution in [3.05, 3.63) is 188 Å². The van der Waals surface area contributed by atoms with Gasteiger partial charge >= 0.3 is 0 Å². The summed E-state index contributed by atoms with van der Waals surface area (Å²) in [6, 6.07) is 61.7. The molecular formula is C51H31N3OS. The third-order valence-corrected chi connectivity index (χ3v) is 11.8. The Morgan fingerprint density at radius 2 is 1.00 bits per heavy atom. The number of hydrogen-bond acceptors (Lipinski definition) is 5. The first-order valence-corrected chi connectivity index (χ1v) is 19.5. The van der Waals surface area contributed by atoms with Gasteiger partial charge in [0.2, 0.25) is 0 Å².